The fourth-order valence-corrected chi connectivity index (χ4v) is 3.64. The van der Waals surface area contributed by atoms with E-state index in [0.717, 1.165) is 4.90 Å². The maximum atomic E-state index is 13.1. The SMILES string of the molecule is C[C@@H]1Sc2ccc(C(=O)N[C@H](CC(=O)O)c3ccc(F)cc3)cc2NC1=O. The van der Waals surface area contributed by atoms with Crippen LogP contribution in [0.3, 0.4) is 0 Å². The van der Waals surface area contributed by atoms with E-state index in [1.165, 1.54) is 36.0 Å². The molecule has 8 heteroatoms. The predicted octanol–water partition coefficient (Wildman–Crippen LogP) is 3.20. The van der Waals surface area contributed by atoms with Gasteiger partial charge in [-0.25, -0.2) is 4.39 Å². The Bertz CT molecular complexity index is 901. The van der Waals surface area contributed by atoms with Gasteiger partial charge in [0.1, 0.15) is 5.82 Å². The summed E-state index contributed by atoms with van der Waals surface area (Å²) >= 11 is 1.40. The number of aliphatic carboxylic acids is 1. The first-order valence-corrected chi connectivity index (χ1v) is 9.11. The third-order valence-corrected chi connectivity index (χ3v) is 5.31. The Morgan fingerprint density at radius 3 is 2.63 bits per heavy atom. The number of carbonyl (C=O) groups excluding carboxylic acids is 2. The van der Waals surface area contributed by atoms with Crippen molar-refractivity contribution in [3.63, 3.8) is 0 Å². The van der Waals surface area contributed by atoms with E-state index < -0.39 is 23.7 Å². The number of carbonyl (C=O) groups is 3. The zero-order valence-electron chi connectivity index (χ0n) is 14.4. The van der Waals surface area contributed by atoms with E-state index in [0.29, 0.717) is 16.8 Å². The fourth-order valence-electron chi connectivity index (χ4n) is 2.71. The van der Waals surface area contributed by atoms with E-state index in [1.54, 1.807) is 25.1 Å². The Morgan fingerprint density at radius 2 is 1.96 bits per heavy atom. The zero-order chi connectivity index (χ0) is 19.6. The minimum atomic E-state index is -1.09. The molecule has 2 amide bonds. The van der Waals surface area contributed by atoms with Crippen LogP contribution in [0.4, 0.5) is 10.1 Å². The molecule has 27 heavy (non-hydrogen) atoms. The number of benzene rings is 2. The summed E-state index contributed by atoms with van der Waals surface area (Å²) < 4.78 is 13.1. The van der Waals surface area contributed by atoms with Gasteiger partial charge < -0.3 is 15.7 Å². The average molecular weight is 388 g/mol. The van der Waals surface area contributed by atoms with Crippen molar-refractivity contribution in [2.45, 2.75) is 29.5 Å². The number of carboxylic acid groups (broad SMARTS) is 1. The van der Waals surface area contributed by atoms with Crippen molar-refractivity contribution in [2.24, 2.45) is 0 Å². The topological polar surface area (TPSA) is 95.5 Å². The largest absolute Gasteiger partial charge is 0.481 e. The van der Waals surface area contributed by atoms with E-state index in [2.05, 4.69) is 10.6 Å². The second kappa shape index (κ2) is 7.79. The monoisotopic (exact) mass is 388 g/mol. The van der Waals surface area contributed by atoms with Gasteiger partial charge in [-0.15, -0.1) is 11.8 Å². The van der Waals surface area contributed by atoms with Gasteiger partial charge in [0.15, 0.2) is 0 Å². The van der Waals surface area contributed by atoms with Crippen LogP contribution in [-0.4, -0.2) is 28.1 Å². The van der Waals surface area contributed by atoms with Crippen molar-refractivity contribution in [1.82, 2.24) is 5.32 Å². The molecule has 0 radical (unpaired) electrons. The second-order valence-electron chi connectivity index (χ2n) is 6.14. The van der Waals surface area contributed by atoms with E-state index in [-0.39, 0.29) is 17.6 Å². The Balaban J connectivity index is 1.81. The minimum Gasteiger partial charge on any atom is -0.481 e. The van der Waals surface area contributed by atoms with Crippen molar-refractivity contribution in [2.75, 3.05) is 5.32 Å². The average Bonchev–Trinajstić information content (AvgIpc) is 2.62. The number of nitrogens with one attached hydrogen (secondary N) is 2. The molecular weight excluding hydrogens is 371 g/mol. The number of hydrogen-bond acceptors (Lipinski definition) is 4. The van der Waals surface area contributed by atoms with Gasteiger partial charge in [0, 0.05) is 10.5 Å². The van der Waals surface area contributed by atoms with Crippen molar-refractivity contribution in [3.8, 4) is 0 Å². The summed E-state index contributed by atoms with van der Waals surface area (Å²) in [4.78, 5) is 36.4. The molecule has 0 fully saturated rings. The number of rotatable bonds is 5. The van der Waals surface area contributed by atoms with Gasteiger partial charge in [-0.05, 0) is 42.8 Å². The van der Waals surface area contributed by atoms with Crippen LogP contribution in [0.15, 0.2) is 47.4 Å². The molecule has 2 aromatic carbocycles. The van der Waals surface area contributed by atoms with E-state index >= 15 is 0 Å². The number of amides is 2. The third-order valence-electron chi connectivity index (χ3n) is 4.13. The van der Waals surface area contributed by atoms with Crippen LogP contribution < -0.4 is 10.6 Å². The molecule has 1 aliphatic heterocycles. The van der Waals surface area contributed by atoms with Crippen molar-refractivity contribution >= 4 is 35.2 Å². The van der Waals surface area contributed by atoms with Gasteiger partial charge in [0.25, 0.3) is 5.91 Å². The molecule has 0 bridgehead atoms. The highest BCUT2D eigenvalue weighted by atomic mass is 32.2. The smallest absolute Gasteiger partial charge is 0.305 e. The predicted molar refractivity (Wildman–Crippen MR) is 99.3 cm³/mol. The highest BCUT2D eigenvalue weighted by molar-refractivity contribution is 8.00. The number of thioether (sulfide) groups is 1. The lowest BCUT2D eigenvalue weighted by atomic mass is 10.0. The number of hydrogen-bond donors (Lipinski definition) is 3. The third kappa shape index (κ3) is 4.46. The lowest BCUT2D eigenvalue weighted by Gasteiger charge is -2.22. The molecule has 0 aliphatic carbocycles. The van der Waals surface area contributed by atoms with Crippen LogP contribution in [0.5, 0.6) is 0 Å². The minimum absolute atomic E-state index is 0.139. The molecular formula is C19H17FN2O4S. The fraction of sp³-hybridized carbons (Fsp3) is 0.211. The molecule has 1 aliphatic rings. The van der Waals surface area contributed by atoms with Crippen LogP contribution >= 0.6 is 11.8 Å². The zero-order valence-corrected chi connectivity index (χ0v) is 15.2. The number of anilines is 1. The number of halogens is 1. The summed E-state index contributed by atoms with van der Waals surface area (Å²) in [7, 11) is 0. The Hall–Kier alpha value is -2.87. The summed E-state index contributed by atoms with van der Waals surface area (Å²) in [5.74, 6) is -2.16. The highest BCUT2D eigenvalue weighted by Gasteiger charge is 2.25. The molecule has 0 saturated carbocycles. The van der Waals surface area contributed by atoms with Crippen LogP contribution in [0.2, 0.25) is 0 Å². The lowest BCUT2D eigenvalue weighted by Crippen LogP contribution is -2.31. The number of fused-ring (bicyclic) bond motifs is 1. The molecule has 6 nitrogen and oxygen atoms in total. The molecule has 1 heterocycles. The van der Waals surface area contributed by atoms with E-state index in [4.69, 9.17) is 5.11 Å². The van der Waals surface area contributed by atoms with Gasteiger partial charge in [-0.1, -0.05) is 12.1 Å². The molecule has 140 valence electrons. The lowest BCUT2D eigenvalue weighted by molar-refractivity contribution is -0.137. The maximum Gasteiger partial charge on any atom is 0.305 e. The van der Waals surface area contributed by atoms with Crippen LogP contribution in [0.1, 0.15) is 35.3 Å². The molecule has 0 saturated heterocycles. The number of carboxylic acids is 1. The molecule has 2 aromatic rings. The molecule has 3 rings (SSSR count). The van der Waals surface area contributed by atoms with Gasteiger partial charge in [-0.2, -0.15) is 0 Å². The van der Waals surface area contributed by atoms with Crippen molar-refractivity contribution in [1.29, 1.82) is 0 Å². The summed E-state index contributed by atoms with van der Waals surface area (Å²) in [5, 5.41) is 14.3. The van der Waals surface area contributed by atoms with E-state index in [1.807, 2.05) is 0 Å². The van der Waals surface area contributed by atoms with Crippen LogP contribution in [0, 0.1) is 5.82 Å². The molecule has 3 N–H and O–H groups in total. The molecule has 2 atom stereocenters. The molecule has 0 aromatic heterocycles. The Labute approximate surface area is 159 Å². The summed E-state index contributed by atoms with van der Waals surface area (Å²) in [5.41, 5.74) is 1.33. The normalized spacial score (nSPS) is 16.8. The highest BCUT2D eigenvalue weighted by Crippen LogP contribution is 2.36. The first kappa shape index (κ1) is 18.9. The van der Waals surface area contributed by atoms with Gasteiger partial charge >= 0.3 is 5.97 Å². The standard InChI is InChI=1S/C19H17FN2O4S/c1-10-18(25)22-15-8-12(4-7-16(15)27-10)19(26)21-14(9-17(23)24)11-2-5-13(20)6-3-11/h2-8,10,14H,9H2,1H3,(H,21,26)(H,22,25)(H,23,24)/t10-,14+/m0/s1. The summed E-state index contributed by atoms with van der Waals surface area (Å²) in [6.45, 7) is 1.79. The van der Waals surface area contributed by atoms with Crippen molar-refractivity contribution < 1.29 is 23.9 Å². The van der Waals surface area contributed by atoms with Gasteiger partial charge in [0.05, 0.1) is 23.4 Å². The quantitative estimate of drug-likeness (QED) is 0.731. The van der Waals surface area contributed by atoms with Crippen LogP contribution in [-0.2, 0) is 9.59 Å². The van der Waals surface area contributed by atoms with E-state index in [9.17, 15) is 18.8 Å². The van der Waals surface area contributed by atoms with Crippen LogP contribution in [0.25, 0.3) is 0 Å². The van der Waals surface area contributed by atoms with Crippen molar-refractivity contribution in [3.05, 3.63) is 59.4 Å². The summed E-state index contributed by atoms with van der Waals surface area (Å²) in [6.07, 6.45) is -0.341. The Morgan fingerprint density at radius 1 is 1.26 bits per heavy atom. The summed E-state index contributed by atoms with van der Waals surface area (Å²) in [6, 6.07) is 9.41. The maximum absolute atomic E-state index is 13.1. The first-order valence-electron chi connectivity index (χ1n) is 8.23. The molecule has 0 unspecified atom stereocenters. The first-order chi connectivity index (χ1) is 12.8. The van der Waals surface area contributed by atoms with Gasteiger partial charge in [-0.3, -0.25) is 14.4 Å². The second-order valence-corrected chi connectivity index (χ2v) is 7.52. The van der Waals surface area contributed by atoms with Gasteiger partial charge in [0.2, 0.25) is 5.91 Å². The Kier molecular flexibility index (Phi) is 5.46. The molecule has 0 spiro atoms.